The molecule has 0 amide bonds. The number of nitrogens with zero attached hydrogens (tertiary/aromatic N) is 2. The van der Waals surface area contributed by atoms with E-state index in [0.29, 0.717) is 6.67 Å². The lowest BCUT2D eigenvalue weighted by molar-refractivity contribution is 0.543. The zero-order valence-corrected chi connectivity index (χ0v) is 3.18. The van der Waals surface area contributed by atoms with Crippen molar-refractivity contribution in [3.8, 4) is 0 Å². The van der Waals surface area contributed by atoms with Crippen LogP contribution in [0.2, 0.25) is 0 Å². The summed E-state index contributed by atoms with van der Waals surface area (Å²) in [5.41, 5.74) is 8.87. The molecule has 1 aliphatic rings. The molecule has 1 radical (unpaired) electrons. The van der Waals surface area contributed by atoms with Crippen molar-refractivity contribution >= 4 is 6.34 Å². The first-order valence-corrected chi connectivity index (χ1v) is 1.67. The molecule has 0 aromatic heterocycles. The van der Waals surface area contributed by atoms with Gasteiger partial charge in [0, 0.05) is 0 Å². The minimum absolute atomic E-state index is 0.635. The molecule has 0 aromatic carbocycles. The van der Waals surface area contributed by atoms with Crippen LogP contribution in [0.4, 0.5) is 0 Å². The van der Waals surface area contributed by atoms with E-state index in [2.05, 4.69) is 21.4 Å². The highest BCUT2D eigenvalue weighted by Crippen LogP contribution is 1.56. The maximum atomic E-state index is 3.57. The number of hydrogen-bond acceptors (Lipinski definition) is 3. The molecule has 1 heterocycles. The van der Waals surface area contributed by atoms with E-state index in [-0.39, 0.29) is 0 Å². The Morgan fingerprint density at radius 1 is 1.50 bits per heavy atom. The quantitative estimate of drug-likeness (QED) is 0.380. The molecule has 33 valence electrons. The maximum Gasteiger partial charge on any atom is 0.149 e. The topological polar surface area (TPSA) is 50.5 Å². The lowest BCUT2D eigenvalue weighted by Gasteiger charge is -2.03. The van der Waals surface area contributed by atoms with Gasteiger partial charge in [0.25, 0.3) is 0 Å². The van der Waals surface area contributed by atoms with E-state index in [9.17, 15) is 0 Å². The fourth-order valence-electron chi connectivity index (χ4n) is 0.237. The van der Waals surface area contributed by atoms with Crippen molar-refractivity contribution in [2.75, 3.05) is 6.67 Å². The minimum Gasteiger partial charge on any atom is -0.293 e. The Bertz CT molecular complexity index is 50.6. The largest absolute Gasteiger partial charge is 0.293 e. The van der Waals surface area contributed by atoms with Crippen molar-refractivity contribution in [1.82, 2.24) is 16.3 Å². The summed E-state index contributed by atoms with van der Waals surface area (Å²) in [7, 11) is 0. The average Bonchev–Trinajstić information content (AvgIpc) is 1.72. The summed E-state index contributed by atoms with van der Waals surface area (Å²) in [6, 6.07) is 0. The predicted molar refractivity (Wildman–Crippen MR) is 21.8 cm³/mol. The summed E-state index contributed by atoms with van der Waals surface area (Å²) in [5.74, 6) is 0. The van der Waals surface area contributed by atoms with Gasteiger partial charge in [-0.25, -0.2) is 0 Å². The number of hydrogen-bond donors (Lipinski definition) is 2. The van der Waals surface area contributed by atoms with Crippen molar-refractivity contribution in [2.45, 2.75) is 0 Å². The summed E-state index contributed by atoms with van der Waals surface area (Å²) < 4.78 is 0. The van der Waals surface area contributed by atoms with E-state index < -0.39 is 0 Å². The minimum atomic E-state index is 0.635. The first-order chi connectivity index (χ1) is 3.00. The zero-order valence-electron chi connectivity index (χ0n) is 3.18. The number of rotatable bonds is 0. The Morgan fingerprint density at radius 3 is 2.67 bits per heavy atom. The van der Waals surface area contributed by atoms with Crippen LogP contribution >= 0.6 is 0 Å². The summed E-state index contributed by atoms with van der Waals surface area (Å²) in [4.78, 5) is 0. The van der Waals surface area contributed by atoms with Crippen LogP contribution in [0.15, 0.2) is 5.10 Å². The van der Waals surface area contributed by atoms with Crippen molar-refractivity contribution in [2.24, 2.45) is 5.10 Å². The molecule has 0 saturated carbocycles. The van der Waals surface area contributed by atoms with Crippen molar-refractivity contribution in [1.29, 1.82) is 0 Å². The maximum absolute atomic E-state index is 3.57. The predicted octanol–water partition coefficient (Wildman–Crippen LogP) is -1.40. The van der Waals surface area contributed by atoms with Crippen LogP contribution in [0.5, 0.6) is 0 Å². The summed E-state index contributed by atoms with van der Waals surface area (Å²) >= 11 is 0. The normalized spacial score (nSPS) is 18.7. The smallest absolute Gasteiger partial charge is 0.149 e. The first kappa shape index (κ1) is 3.42. The Balaban J connectivity index is 2.26. The van der Waals surface area contributed by atoms with E-state index in [1.165, 1.54) is 6.34 Å². The Morgan fingerprint density at radius 2 is 2.50 bits per heavy atom. The van der Waals surface area contributed by atoms with Crippen molar-refractivity contribution < 1.29 is 0 Å². The van der Waals surface area contributed by atoms with Gasteiger partial charge in [0.1, 0.15) is 13.0 Å². The van der Waals surface area contributed by atoms with Crippen LogP contribution in [0.1, 0.15) is 0 Å². The van der Waals surface area contributed by atoms with E-state index in [1.807, 2.05) is 0 Å². The number of nitrogens with one attached hydrogen (secondary N) is 2. The standard InChI is InChI=1S/C2H5N4/c1-3-5-2-6-4-1/h1,5-6H,2H2. The van der Waals surface area contributed by atoms with Crippen LogP contribution in [0.3, 0.4) is 0 Å². The van der Waals surface area contributed by atoms with Crippen molar-refractivity contribution in [3.63, 3.8) is 0 Å². The molecule has 1 rings (SSSR count). The molecule has 0 aromatic rings. The summed E-state index contributed by atoms with van der Waals surface area (Å²) in [6.45, 7) is 0.635. The molecule has 0 spiro atoms. The van der Waals surface area contributed by atoms with E-state index in [1.54, 1.807) is 0 Å². The van der Waals surface area contributed by atoms with Crippen molar-refractivity contribution in [3.05, 3.63) is 0 Å². The van der Waals surface area contributed by atoms with Gasteiger partial charge >= 0.3 is 0 Å². The van der Waals surface area contributed by atoms with Gasteiger partial charge in [0.2, 0.25) is 0 Å². The Hall–Kier alpha value is -0.770. The fourth-order valence-corrected chi connectivity index (χ4v) is 0.237. The molecule has 0 unspecified atom stereocenters. The molecule has 1 aliphatic heterocycles. The first-order valence-electron chi connectivity index (χ1n) is 1.67. The van der Waals surface area contributed by atoms with Gasteiger partial charge in [-0.3, -0.25) is 5.43 Å². The van der Waals surface area contributed by atoms with Gasteiger partial charge in [0.05, 0.1) is 0 Å². The Kier molecular flexibility index (Phi) is 0.920. The van der Waals surface area contributed by atoms with E-state index >= 15 is 0 Å². The second kappa shape index (κ2) is 1.61. The molecule has 0 fully saturated rings. The lowest BCUT2D eigenvalue weighted by Crippen LogP contribution is -2.36. The molecule has 4 heteroatoms. The van der Waals surface area contributed by atoms with Gasteiger partial charge in [-0.15, -0.1) is 0 Å². The molecule has 0 saturated heterocycles. The van der Waals surface area contributed by atoms with Gasteiger partial charge < -0.3 is 0 Å². The third-order valence-corrected chi connectivity index (χ3v) is 0.456. The molecule has 6 heavy (non-hydrogen) atoms. The molecule has 0 aliphatic carbocycles. The van der Waals surface area contributed by atoms with Crippen LogP contribution < -0.4 is 16.3 Å². The van der Waals surface area contributed by atoms with Gasteiger partial charge in [-0.05, 0) is 0 Å². The van der Waals surface area contributed by atoms with Gasteiger partial charge in [-0.2, -0.15) is 16.0 Å². The third kappa shape index (κ3) is 0.587. The van der Waals surface area contributed by atoms with Gasteiger partial charge in [0.15, 0.2) is 0 Å². The molecule has 2 N–H and O–H groups in total. The monoisotopic (exact) mass is 85.1 g/mol. The van der Waals surface area contributed by atoms with Crippen LogP contribution in [-0.2, 0) is 0 Å². The fraction of sp³-hybridized carbons (Fsp3) is 0.500. The Labute approximate surface area is 35.6 Å². The molecular weight excluding hydrogens is 80.1 g/mol. The number of hydrazone groups is 1. The van der Waals surface area contributed by atoms with Crippen LogP contribution in [-0.4, -0.2) is 13.0 Å². The SMILES string of the molecule is C1=NNCN[N]1. The highest BCUT2D eigenvalue weighted by atomic mass is 15.5. The summed E-state index contributed by atoms with van der Waals surface area (Å²) in [6.07, 6.45) is 1.42. The zero-order chi connectivity index (χ0) is 4.24. The molecule has 0 bridgehead atoms. The van der Waals surface area contributed by atoms with E-state index in [4.69, 9.17) is 0 Å². The molecule has 0 atom stereocenters. The lowest BCUT2D eigenvalue weighted by atomic mass is 11.1. The van der Waals surface area contributed by atoms with E-state index in [0.717, 1.165) is 0 Å². The highest BCUT2D eigenvalue weighted by molar-refractivity contribution is 5.52. The average molecular weight is 85.1 g/mol. The second-order valence-corrected chi connectivity index (χ2v) is 0.867. The van der Waals surface area contributed by atoms with Crippen LogP contribution in [0.25, 0.3) is 0 Å². The highest BCUT2D eigenvalue weighted by Gasteiger charge is 1.83. The van der Waals surface area contributed by atoms with Crippen LogP contribution in [0, 0.1) is 0 Å². The van der Waals surface area contributed by atoms with Gasteiger partial charge in [-0.1, -0.05) is 0 Å². The summed E-state index contributed by atoms with van der Waals surface area (Å²) in [5, 5.41) is 3.57. The second-order valence-electron chi connectivity index (χ2n) is 0.867. The third-order valence-electron chi connectivity index (χ3n) is 0.456. The molecule has 4 nitrogen and oxygen atoms in total. The molecular formula is C2H5N4.